The molecule has 0 aliphatic heterocycles. The van der Waals surface area contributed by atoms with Crippen LogP contribution in [-0.2, 0) is 9.53 Å². The van der Waals surface area contributed by atoms with Crippen LogP contribution in [0.3, 0.4) is 0 Å². The minimum Gasteiger partial charge on any atom is -0.465 e. The van der Waals surface area contributed by atoms with Gasteiger partial charge < -0.3 is 19.9 Å². The maximum atomic E-state index is 13.0. The number of methoxy groups -OCH3 is 1. The van der Waals surface area contributed by atoms with Crippen LogP contribution in [0.5, 0.6) is 0 Å². The van der Waals surface area contributed by atoms with Gasteiger partial charge in [-0.3, -0.25) is 9.59 Å². The van der Waals surface area contributed by atoms with Crippen molar-refractivity contribution < 1.29 is 24.0 Å². The summed E-state index contributed by atoms with van der Waals surface area (Å²) < 4.78 is 4.80. The number of benzene rings is 1. The molecule has 2 aromatic rings. The molecule has 2 rings (SSSR count). The number of nitrogens with one attached hydrogen (secondary N) is 3. The number of Topliss-reactive ketones (excluding diaryl/α,β-unsaturated/α-hetero) is 1. The molecule has 0 fully saturated rings. The Morgan fingerprint density at radius 1 is 1.17 bits per heavy atom. The summed E-state index contributed by atoms with van der Waals surface area (Å²) in [6.45, 7) is 9.27. The van der Waals surface area contributed by atoms with Crippen LogP contribution in [0.1, 0.15) is 50.2 Å². The molecule has 0 saturated heterocycles. The second kappa shape index (κ2) is 9.05. The van der Waals surface area contributed by atoms with Crippen LogP contribution in [0.2, 0.25) is 0 Å². The van der Waals surface area contributed by atoms with Crippen molar-refractivity contribution in [3.05, 3.63) is 51.8 Å². The molecular formula is C22H30N3O4+. The van der Waals surface area contributed by atoms with E-state index in [0.717, 1.165) is 21.7 Å². The fraction of sp³-hybridized carbons (Fsp3) is 0.409. The molecule has 1 amide bonds. The van der Waals surface area contributed by atoms with Gasteiger partial charge in [0.05, 0.1) is 25.4 Å². The smallest absolute Gasteiger partial charge is 0.339 e. The zero-order chi connectivity index (χ0) is 21.9. The summed E-state index contributed by atoms with van der Waals surface area (Å²) in [6, 6.07) is 5.41. The number of ketones is 1. The van der Waals surface area contributed by atoms with Crippen LogP contribution in [0.25, 0.3) is 0 Å². The van der Waals surface area contributed by atoms with E-state index < -0.39 is 12.0 Å². The number of hydrogen-bond donors (Lipinski definition) is 3. The third-order valence-electron chi connectivity index (χ3n) is 5.31. The second-order valence-electron chi connectivity index (χ2n) is 7.59. The monoisotopic (exact) mass is 400 g/mol. The van der Waals surface area contributed by atoms with Crippen molar-refractivity contribution in [1.82, 2.24) is 4.98 Å². The van der Waals surface area contributed by atoms with E-state index >= 15 is 0 Å². The van der Waals surface area contributed by atoms with Crippen LogP contribution in [-0.4, -0.2) is 49.4 Å². The van der Waals surface area contributed by atoms with Gasteiger partial charge in [-0.25, -0.2) is 4.79 Å². The normalized spacial score (nSPS) is 12.9. The van der Waals surface area contributed by atoms with Crippen molar-refractivity contribution >= 4 is 23.3 Å². The molecule has 1 heterocycles. The predicted octanol–water partition coefficient (Wildman–Crippen LogP) is 1.76. The SMILES string of the molecule is COC(=O)c1c(C)[nH]c(C(=O)[C@H](C)[NH+](C)CC(=O)Nc2cc(C)ccc2C)c1C. The Bertz CT molecular complexity index is 946. The van der Waals surface area contributed by atoms with Crippen LogP contribution < -0.4 is 10.2 Å². The zero-order valence-corrected chi connectivity index (χ0v) is 18.1. The molecular weight excluding hydrogens is 370 g/mol. The van der Waals surface area contributed by atoms with E-state index in [1.807, 2.05) is 32.0 Å². The lowest BCUT2D eigenvalue weighted by molar-refractivity contribution is -0.885. The number of H-pyrrole nitrogens is 1. The van der Waals surface area contributed by atoms with E-state index in [1.54, 1.807) is 27.8 Å². The highest BCUT2D eigenvalue weighted by molar-refractivity contribution is 6.03. The van der Waals surface area contributed by atoms with Gasteiger partial charge in [-0.15, -0.1) is 0 Å². The van der Waals surface area contributed by atoms with Gasteiger partial charge in [-0.05, 0) is 57.4 Å². The van der Waals surface area contributed by atoms with Crippen LogP contribution in [0, 0.1) is 27.7 Å². The Hall–Kier alpha value is -2.93. The van der Waals surface area contributed by atoms with Gasteiger partial charge in [0.2, 0.25) is 5.78 Å². The molecule has 2 atom stereocenters. The molecule has 29 heavy (non-hydrogen) atoms. The fourth-order valence-electron chi connectivity index (χ4n) is 3.32. The van der Waals surface area contributed by atoms with Gasteiger partial charge in [0.1, 0.15) is 0 Å². The van der Waals surface area contributed by atoms with Crippen molar-refractivity contribution in [2.75, 3.05) is 26.0 Å². The van der Waals surface area contributed by atoms with E-state index in [9.17, 15) is 14.4 Å². The average molecular weight is 400 g/mol. The van der Waals surface area contributed by atoms with Gasteiger partial charge in [-0.1, -0.05) is 12.1 Å². The van der Waals surface area contributed by atoms with Crippen LogP contribution >= 0.6 is 0 Å². The Balaban J connectivity index is 2.10. The van der Waals surface area contributed by atoms with E-state index in [-0.39, 0.29) is 18.2 Å². The Morgan fingerprint density at radius 2 is 1.83 bits per heavy atom. The Labute approximate surface area is 171 Å². The molecule has 0 radical (unpaired) electrons. The first-order chi connectivity index (χ1) is 13.6. The van der Waals surface area contributed by atoms with Crippen molar-refractivity contribution in [1.29, 1.82) is 0 Å². The Kier molecular flexibility index (Phi) is 6.97. The quantitative estimate of drug-likeness (QED) is 0.488. The molecule has 7 nitrogen and oxygen atoms in total. The number of hydrogen-bond acceptors (Lipinski definition) is 4. The number of amides is 1. The first-order valence-corrected chi connectivity index (χ1v) is 9.57. The number of aromatic nitrogens is 1. The molecule has 1 aromatic carbocycles. The number of quaternary nitrogens is 1. The van der Waals surface area contributed by atoms with Gasteiger partial charge in [0.15, 0.2) is 12.6 Å². The van der Waals surface area contributed by atoms with E-state index in [1.165, 1.54) is 7.11 Å². The average Bonchev–Trinajstić information content (AvgIpc) is 2.96. The number of aromatic amines is 1. The largest absolute Gasteiger partial charge is 0.465 e. The minimum absolute atomic E-state index is 0.142. The summed E-state index contributed by atoms with van der Waals surface area (Å²) in [6.07, 6.45) is 0. The third kappa shape index (κ3) is 4.92. The fourth-order valence-corrected chi connectivity index (χ4v) is 3.32. The standard InChI is InChI=1S/C22H29N3O4/c1-12-8-9-13(2)17(10-12)24-18(26)11-25(6)16(5)21(27)20-14(3)19(15(4)23-20)22(28)29-7/h8-10,16,23H,11H2,1-7H3,(H,24,26)/p+1/t16-/m0/s1. The molecule has 0 aliphatic rings. The van der Waals surface area contributed by atoms with E-state index in [2.05, 4.69) is 10.3 Å². The summed E-state index contributed by atoms with van der Waals surface area (Å²) in [5, 5.41) is 2.92. The lowest BCUT2D eigenvalue weighted by atomic mass is 10.0. The lowest BCUT2D eigenvalue weighted by Crippen LogP contribution is -3.14. The molecule has 1 aromatic heterocycles. The lowest BCUT2D eigenvalue weighted by Gasteiger charge is -2.20. The first kappa shape index (κ1) is 22.4. The molecule has 0 bridgehead atoms. The number of carbonyl (C=O) groups is 3. The molecule has 0 spiro atoms. The number of esters is 1. The Morgan fingerprint density at radius 3 is 2.45 bits per heavy atom. The van der Waals surface area contributed by atoms with E-state index in [4.69, 9.17) is 4.74 Å². The van der Waals surface area contributed by atoms with Gasteiger partial charge in [-0.2, -0.15) is 0 Å². The highest BCUT2D eigenvalue weighted by Crippen LogP contribution is 2.20. The predicted molar refractivity (Wildman–Crippen MR) is 112 cm³/mol. The number of rotatable bonds is 7. The second-order valence-corrected chi connectivity index (χ2v) is 7.59. The number of anilines is 1. The summed E-state index contributed by atoms with van der Waals surface area (Å²) in [5.74, 6) is -0.792. The van der Waals surface area contributed by atoms with Crippen molar-refractivity contribution in [3.63, 3.8) is 0 Å². The number of carbonyl (C=O) groups excluding carboxylic acids is 3. The molecule has 0 saturated carbocycles. The summed E-state index contributed by atoms with van der Waals surface area (Å²) >= 11 is 0. The van der Waals surface area contributed by atoms with Gasteiger partial charge in [0, 0.05) is 11.4 Å². The molecule has 0 aliphatic carbocycles. The number of aryl methyl sites for hydroxylation is 3. The minimum atomic E-state index is -0.475. The number of likely N-dealkylation sites (N-methyl/N-ethyl adjacent to an activating group) is 1. The van der Waals surface area contributed by atoms with Crippen LogP contribution in [0.4, 0.5) is 5.69 Å². The summed E-state index contributed by atoms with van der Waals surface area (Å²) in [5.41, 5.74) is 4.75. The summed E-state index contributed by atoms with van der Waals surface area (Å²) in [4.78, 5) is 41.2. The molecule has 1 unspecified atom stereocenters. The van der Waals surface area contributed by atoms with Crippen molar-refractivity contribution in [2.24, 2.45) is 0 Å². The van der Waals surface area contributed by atoms with Gasteiger partial charge in [0.25, 0.3) is 5.91 Å². The first-order valence-electron chi connectivity index (χ1n) is 9.57. The number of ether oxygens (including phenoxy) is 1. The van der Waals surface area contributed by atoms with Crippen molar-refractivity contribution in [2.45, 2.75) is 40.7 Å². The van der Waals surface area contributed by atoms with E-state index in [0.29, 0.717) is 22.5 Å². The highest BCUT2D eigenvalue weighted by atomic mass is 16.5. The van der Waals surface area contributed by atoms with Gasteiger partial charge >= 0.3 is 5.97 Å². The summed E-state index contributed by atoms with van der Waals surface area (Å²) in [7, 11) is 3.11. The maximum absolute atomic E-state index is 13.0. The molecule has 3 N–H and O–H groups in total. The van der Waals surface area contributed by atoms with Crippen molar-refractivity contribution in [3.8, 4) is 0 Å². The topological polar surface area (TPSA) is 92.7 Å². The third-order valence-corrected chi connectivity index (χ3v) is 5.31. The highest BCUT2D eigenvalue weighted by Gasteiger charge is 2.30. The maximum Gasteiger partial charge on any atom is 0.339 e. The molecule has 7 heteroatoms. The zero-order valence-electron chi connectivity index (χ0n) is 18.1. The molecule has 156 valence electrons. The van der Waals surface area contributed by atoms with Crippen LogP contribution in [0.15, 0.2) is 18.2 Å².